The summed E-state index contributed by atoms with van der Waals surface area (Å²) in [4.78, 5) is 14.6. The average Bonchev–Trinajstić information content (AvgIpc) is 3.07. The minimum absolute atomic E-state index is 0.0450. The molecule has 2 aromatic carbocycles. The van der Waals surface area contributed by atoms with E-state index in [-0.39, 0.29) is 5.69 Å². The Labute approximate surface area is 156 Å². The molecule has 126 valence electrons. The van der Waals surface area contributed by atoms with Gasteiger partial charge in [-0.3, -0.25) is 15.5 Å². The molecule has 0 aliphatic carbocycles. The third kappa shape index (κ3) is 4.33. The van der Waals surface area contributed by atoms with Crippen molar-refractivity contribution < 1.29 is 4.92 Å². The highest BCUT2D eigenvalue weighted by Crippen LogP contribution is 2.26. The standard InChI is InChI=1S/C16H10Cl2N4O2S/c17-13-6-1-10(7-14(13)18)8-19-21-16-20-15(9-25-16)11-2-4-12(5-3-11)22(23)24/h1-9H,(H,20,21)/b19-8+. The normalized spacial score (nSPS) is 11.0. The molecule has 3 rings (SSSR count). The monoisotopic (exact) mass is 392 g/mol. The van der Waals surface area contributed by atoms with Crippen LogP contribution in [0.25, 0.3) is 11.3 Å². The minimum atomic E-state index is -0.435. The topological polar surface area (TPSA) is 80.4 Å². The number of nitro groups is 1. The van der Waals surface area contributed by atoms with E-state index in [1.54, 1.807) is 36.5 Å². The Morgan fingerprint density at radius 3 is 2.60 bits per heavy atom. The van der Waals surface area contributed by atoms with Crippen molar-refractivity contribution >= 4 is 51.6 Å². The van der Waals surface area contributed by atoms with Gasteiger partial charge in [0, 0.05) is 23.1 Å². The molecule has 0 spiro atoms. The first-order chi connectivity index (χ1) is 12.0. The molecule has 1 heterocycles. The molecule has 0 saturated carbocycles. The van der Waals surface area contributed by atoms with Gasteiger partial charge >= 0.3 is 0 Å². The fraction of sp³-hybridized carbons (Fsp3) is 0. The van der Waals surface area contributed by atoms with Gasteiger partial charge in [-0.2, -0.15) is 5.10 Å². The molecule has 0 fully saturated rings. The maximum Gasteiger partial charge on any atom is 0.269 e. The predicted octanol–water partition coefficient (Wildman–Crippen LogP) is 5.47. The molecule has 0 bridgehead atoms. The van der Waals surface area contributed by atoms with Gasteiger partial charge in [0.05, 0.1) is 26.9 Å². The Balaban J connectivity index is 1.68. The molecule has 1 N–H and O–H groups in total. The van der Waals surface area contributed by atoms with Crippen molar-refractivity contribution in [2.24, 2.45) is 5.10 Å². The van der Waals surface area contributed by atoms with E-state index in [1.165, 1.54) is 23.5 Å². The molecule has 0 saturated heterocycles. The van der Waals surface area contributed by atoms with E-state index >= 15 is 0 Å². The Bertz CT molecular complexity index is 942. The fourth-order valence-electron chi connectivity index (χ4n) is 1.97. The number of benzene rings is 2. The van der Waals surface area contributed by atoms with Crippen molar-refractivity contribution in [2.45, 2.75) is 0 Å². The number of anilines is 1. The van der Waals surface area contributed by atoms with Crippen LogP contribution < -0.4 is 5.43 Å². The van der Waals surface area contributed by atoms with Crippen molar-refractivity contribution in [3.05, 3.63) is 73.6 Å². The summed E-state index contributed by atoms with van der Waals surface area (Å²) in [5.41, 5.74) is 5.19. The number of nitrogens with one attached hydrogen (secondary N) is 1. The molecule has 0 aliphatic rings. The number of nitrogens with zero attached hydrogens (tertiary/aromatic N) is 3. The highest BCUT2D eigenvalue weighted by atomic mass is 35.5. The number of hydrogen-bond donors (Lipinski definition) is 1. The molecule has 0 unspecified atom stereocenters. The van der Waals surface area contributed by atoms with Crippen LogP contribution in [0.5, 0.6) is 0 Å². The molecule has 25 heavy (non-hydrogen) atoms. The van der Waals surface area contributed by atoms with Crippen LogP contribution in [-0.2, 0) is 0 Å². The zero-order valence-electron chi connectivity index (χ0n) is 12.5. The van der Waals surface area contributed by atoms with Crippen molar-refractivity contribution in [1.29, 1.82) is 0 Å². The van der Waals surface area contributed by atoms with Gasteiger partial charge in [-0.15, -0.1) is 11.3 Å². The Hall–Kier alpha value is -2.48. The predicted molar refractivity (Wildman–Crippen MR) is 102 cm³/mol. The van der Waals surface area contributed by atoms with E-state index in [2.05, 4.69) is 15.5 Å². The van der Waals surface area contributed by atoms with E-state index in [4.69, 9.17) is 23.2 Å². The van der Waals surface area contributed by atoms with Crippen molar-refractivity contribution in [3.63, 3.8) is 0 Å². The van der Waals surface area contributed by atoms with Crippen LogP contribution in [0, 0.1) is 10.1 Å². The lowest BCUT2D eigenvalue weighted by Crippen LogP contribution is -1.90. The number of hydrogen-bond acceptors (Lipinski definition) is 6. The van der Waals surface area contributed by atoms with Crippen LogP contribution >= 0.6 is 34.5 Å². The fourth-order valence-corrected chi connectivity index (χ4v) is 2.94. The summed E-state index contributed by atoms with van der Waals surface area (Å²) in [6, 6.07) is 11.4. The average molecular weight is 393 g/mol. The molecule has 0 radical (unpaired) electrons. The lowest BCUT2D eigenvalue weighted by molar-refractivity contribution is -0.384. The summed E-state index contributed by atoms with van der Waals surface area (Å²) in [5.74, 6) is 0. The highest BCUT2D eigenvalue weighted by Gasteiger charge is 2.08. The number of hydrazone groups is 1. The zero-order chi connectivity index (χ0) is 17.8. The highest BCUT2D eigenvalue weighted by molar-refractivity contribution is 7.14. The lowest BCUT2D eigenvalue weighted by atomic mass is 10.1. The SMILES string of the molecule is O=[N+]([O-])c1ccc(-c2csc(N/N=C/c3ccc(Cl)c(Cl)c3)n2)cc1. The van der Waals surface area contributed by atoms with Crippen molar-refractivity contribution in [1.82, 2.24) is 4.98 Å². The third-order valence-corrected chi connectivity index (χ3v) is 4.68. The van der Waals surface area contributed by atoms with Crippen LogP contribution in [0.4, 0.5) is 10.8 Å². The summed E-state index contributed by atoms with van der Waals surface area (Å²) >= 11 is 13.2. The maximum absolute atomic E-state index is 10.7. The number of thiazole rings is 1. The van der Waals surface area contributed by atoms with Gasteiger partial charge in [0.2, 0.25) is 5.13 Å². The molecule has 0 atom stereocenters. The summed E-state index contributed by atoms with van der Waals surface area (Å²) in [5, 5.41) is 18.2. The van der Waals surface area contributed by atoms with E-state index in [9.17, 15) is 10.1 Å². The van der Waals surface area contributed by atoms with Crippen LogP contribution in [0.2, 0.25) is 10.0 Å². The largest absolute Gasteiger partial charge is 0.269 e. The molecule has 3 aromatic rings. The zero-order valence-corrected chi connectivity index (χ0v) is 14.8. The van der Waals surface area contributed by atoms with E-state index in [1.807, 2.05) is 5.38 Å². The summed E-state index contributed by atoms with van der Waals surface area (Å²) < 4.78 is 0. The first-order valence-electron chi connectivity index (χ1n) is 6.97. The number of halogens is 2. The van der Waals surface area contributed by atoms with E-state index in [0.29, 0.717) is 20.9 Å². The molecule has 0 amide bonds. The van der Waals surface area contributed by atoms with E-state index < -0.39 is 4.92 Å². The number of non-ortho nitro benzene ring substituents is 1. The van der Waals surface area contributed by atoms with Gasteiger partial charge in [-0.1, -0.05) is 29.3 Å². The summed E-state index contributed by atoms with van der Waals surface area (Å²) in [7, 11) is 0. The van der Waals surface area contributed by atoms with Crippen LogP contribution in [-0.4, -0.2) is 16.1 Å². The second-order valence-corrected chi connectivity index (χ2v) is 6.56. The molecule has 9 heteroatoms. The van der Waals surface area contributed by atoms with Gasteiger partial charge in [0.1, 0.15) is 0 Å². The van der Waals surface area contributed by atoms with Crippen molar-refractivity contribution in [2.75, 3.05) is 5.43 Å². The van der Waals surface area contributed by atoms with Gasteiger partial charge in [-0.25, -0.2) is 4.98 Å². The first-order valence-corrected chi connectivity index (χ1v) is 8.61. The number of aromatic nitrogens is 1. The quantitative estimate of drug-likeness (QED) is 0.354. The lowest BCUT2D eigenvalue weighted by Gasteiger charge is -1.98. The number of rotatable bonds is 5. The number of nitro benzene ring substituents is 1. The van der Waals surface area contributed by atoms with Crippen LogP contribution in [0.3, 0.4) is 0 Å². The van der Waals surface area contributed by atoms with Crippen LogP contribution in [0.1, 0.15) is 5.56 Å². The van der Waals surface area contributed by atoms with Crippen molar-refractivity contribution in [3.8, 4) is 11.3 Å². The molecule has 0 aliphatic heterocycles. The molecule has 1 aromatic heterocycles. The van der Waals surface area contributed by atoms with Gasteiger partial charge < -0.3 is 0 Å². The second-order valence-electron chi connectivity index (χ2n) is 4.89. The summed E-state index contributed by atoms with van der Waals surface area (Å²) in [6.07, 6.45) is 1.61. The van der Waals surface area contributed by atoms with Crippen LogP contribution in [0.15, 0.2) is 52.9 Å². The van der Waals surface area contributed by atoms with Gasteiger partial charge in [0.25, 0.3) is 5.69 Å². The van der Waals surface area contributed by atoms with E-state index in [0.717, 1.165) is 11.1 Å². The first kappa shape index (κ1) is 17.3. The molecule has 6 nitrogen and oxygen atoms in total. The summed E-state index contributed by atoms with van der Waals surface area (Å²) in [6.45, 7) is 0. The smallest absolute Gasteiger partial charge is 0.258 e. The molecular weight excluding hydrogens is 383 g/mol. The third-order valence-electron chi connectivity index (χ3n) is 3.20. The van der Waals surface area contributed by atoms with Gasteiger partial charge in [0.15, 0.2) is 0 Å². The second kappa shape index (κ2) is 7.60. The maximum atomic E-state index is 10.7. The minimum Gasteiger partial charge on any atom is -0.258 e. The Kier molecular flexibility index (Phi) is 5.28. The van der Waals surface area contributed by atoms with Gasteiger partial charge in [-0.05, 0) is 29.8 Å². The molecular formula is C16H10Cl2N4O2S. The Morgan fingerprint density at radius 2 is 1.92 bits per heavy atom. The Morgan fingerprint density at radius 1 is 1.16 bits per heavy atom.